The molecule has 136 valence electrons. The predicted molar refractivity (Wildman–Crippen MR) is 106 cm³/mol. The molecule has 0 bridgehead atoms. The van der Waals surface area contributed by atoms with Crippen LogP contribution in [0.1, 0.15) is 46.0 Å². The number of allylic oxidation sites excluding steroid dienone is 1. The third-order valence-electron chi connectivity index (χ3n) is 4.71. The fourth-order valence-electron chi connectivity index (χ4n) is 3.37. The number of amides is 1. The maximum absolute atomic E-state index is 12.5. The highest BCUT2D eigenvalue weighted by atomic mass is 16.2. The first kappa shape index (κ1) is 19.4. The van der Waals surface area contributed by atoms with Gasteiger partial charge in [-0.05, 0) is 51.3 Å². The first-order valence-corrected chi connectivity index (χ1v) is 9.48. The molecule has 1 aromatic rings. The molecule has 4 nitrogen and oxygen atoms in total. The average Bonchev–Trinajstić information content (AvgIpc) is 2.66. The van der Waals surface area contributed by atoms with E-state index in [1.807, 2.05) is 55.3 Å². The van der Waals surface area contributed by atoms with E-state index in [2.05, 4.69) is 16.0 Å². The molecule has 0 unspecified atom stereocenters. The standard InChI is InChI=1S/C21H31N3O/c1-3-21(25)24(19-11-7-5-8-12-19)20-13-17-23(18-14-20)16-10-6-9-15-22-4-2/h4-5,7-9,11-12,15,20H,3,6,10,13-14,16-18H2,1-2H3/b15-9-,22-4?. The van der Waals surface area contributed by atoms with E-state index >= 15 is 0 Å². The van der Waals surface area contributed by atoms with Gasteiger partial charge in [0.15, 0.2) is 0 Å². The van der Waals surface area contributed by atoms with Gasteiger partial charge in [-0.2, -0.15) is 0 Å². The van der Waals surface area contributed by atoms with Crippen LogP contribution in [0.4, 0.5) is 5.69 Å². The number of para-hydroxylation sites is 1. The highest BCUT2D eigenvalue weighted by Crippen LogP contribution is 2.24. The summed E-state index contributed by atoms with van der Waals surface area (Å²) in [6.07, 6.45) is 10.7. The lowest BCUT2D eigenvalue weighted by atomic mass is 10.0. The molecule has 1 aliphatic heterocycles. The quantitative estimate of drug-likeness (QED) is 0.523. The van der Waals surface area contributed by atoms with Gasteiger partial charge in [0, 0.05) is 43.7 Å². The predicted octanol–water partition coefficient (Wildman–Crippen LogP) is 4.28. The zero-order chi connectivity index (χ0) is 17.9. The van der Waals surface area contributed by atoms with Crippen LogP contribution in [0, 0.1) is 0 Å². The number of benzene rings is 1. The molecular weight excluding hydrogens is 310 g/mol. The monoisotopic (exact) mass is 341 g/mol. The molecule has 1 aliphatic rings. The Morgan fingerprint density at radius 1 is 1.28 bits per heavy atom. The Morgan fingerprint density at radius 3 is 2.64 bits per heavy atom. The number of nitrogens with zero attached hydrogens (tertiary/aromatic N) is 3. The number of anilines is 1. The molecule has 0 saturated carbocycles. The number of piperidine rings is 1. The number of unbranched alkanes of at least 4 members (excludes halogenated alkanes) is 1. The Kier molecular flexibility index (Phi) is 8.40. The third kappa shape index (κ3) is 6.13. The Morgan fingerprint density at radius 2 is 2.00 bits per heavy atom. The number of hydrogen-bond donors (Lipinski definition) is 0. The van der Waals surface area contributed by atoms with Crippen LogP contribution in [0.25, 0.3) is 0 Å². The van der Waals surface area contributed by atoms with E-state index in [-0.39, 0.29) is 5.91 Å². The summed E-state index contributed by atoms with van der Waals surface area (Å²) < 4.78 is 0. The van der Waals surface area contributed by atoms with E-state index in [4.69, 9.17) is 0 Å². The zero-order valence-corrected chi connectivity index (χ0v) is 15.6. The van der Waals surface area contributed by atoms with Crippen LogP contribution in [0.3, 0.4) is 0 Å². The van der Waals surface area contributed by atoms with E-state index in [1.54, 1.807) is 6.21 Å². The van der Waals surface area contributed by atoms with E-state index in [0.717, 1.165) is 51.0 Å². The number of rotatable bonds is 8. The molecule has 0 aromatic heterocycles. The van der Waals surface area contributed by atoms with Gasteiger partial charge >= 0.3 is 0 Å². The van der Waals surface area contributed by atoms with Gasteiger partial charge in [-0.15, -0.1) is 0 Å². The Labute approximate surface area is 152 Å². The molecule has 1 saturated heterocycles. The van der Waals surface area contributed by atoms with Crippen molar-refractivity contribution in [1.29, 1.82) is 0 Å². The van der Waals surface area contributed by atoms with Crippen LogP contribution in [0.2, 0.25) is 0 Å². The molecule has 0 N–H and O–H groups in total. The Balaban J connectivity index is 1.83. The largest absolute Gasteiger partial charge is 0.309 e. The van der Waals surface area contributed by atoms with Crippen molar-refractivity contribution < 1.29 is 4.79 Å². The van der Waals surface area contributed by atoms with Gasteiger partial charge in [0.2, 0.25) is 5.91 Å². The first-order valence-electron chi connectivity index (χ1n) is 9.48. The van der Waals surface area contributed by atoms with Gasteiger partial charge < -0.3 is 9.80 Å². The summed E-state index contributed by atoms with van der Waals surface area (Å²) in [7, 11) is 0. The van der Waals surface area contributed by atoms with Gasteiger partial charge in [-0.3, -0.25) is 9.79 Å². The number of aliphatic imine (C=N–C) groups is 1. The van der Waals surface area contributed by atoms with Crippen molar-refractivity contribution in [3.05, 3.63) is 42.6 Å². The van der Waals surface area contributed by atoms with Gasteiger partial charge in [0.25, 0.3) is 0 Å². The summed E-state index contributed by atoms with van der Waals surface area (Å²) in [6, 6.07) is 10.4. The number of carbonyl (C=O) groups is 1. The number of likely N-dealkylation sites (tertiary alicyclic amines) is 1. The highest BCUT2D eigenvalue weighted by molar-refractivity contribution is 5.93. The molecule has 4 heteroatoms. The molecular formula is C21H31N3O. The zero-order valence-electron chi connectivity index (χ0n) is 15.6. The second kappa shape index (κ2) is 10.8. The normalized spacial score (nSPS) is 16.7. The fraction of sp³-hybridized carbons (Fsp3) is 0.524. The van der Waals surface area contributed by atoms with E-state index < -0.39 is 0 Å². The second-order valence-corrected chi connectivity index (χ2v) is 6.46. The van der Waals surface area contributed by atoms with Crippen LogP contribution in [-0.4, -0.2) is 42.7 Å². The number of carbonyl (C=O) groups excluding carboxylic acids is 1. The lowest BCUT2D eigenvalue weighted by Crippen LogP contribution is -2.47. The SMILES string of the molecule is CC=N/C=C\CCCN1CCC(N(C(=O)CC)c2ccccc2)CC1. The maximum atomic E-state index is 12.5. The topological polar surface area (TPSA) is 35.9 Å². The molecule has 0 spiro atoms. The van der Waals surface area contributed by atoms with E-state index in [9.17, 15) is 4.79 Å². The smallest absolute Gasteiger partial charge is 0.226 e. The minimum absolute atomic E-state index is 0.228. The third-order valence-corrected chi connectivity index (χ3v) is 4.71. The van der Waals surface area contributed by atoms with Crippen molar-refractivity contribution in [2.24, 2.45) is 4.99 Å². The van der Waals surface area contributed by atoms with Crippen LogP contribution in [0.5, 0.6) is 0 Å². The van der Waals surface area contributed by atoms with Crippen molar-refractivity contribution in [3.8, 4) is 0 Å². The van der Waals surface area contributed by atoms with Crippen molar-refractivity contribution in [2.75, 3.05) is 24.5 Å². The summed E-state index contributed by atoms with van der Waals surface area (Å²) in [5.74, 6) is 0.228. The summed E-state index contributed by atoms with van der Waals surface area (Å²) in [5, 5.41) is 0. The molecule has 1 amide bonds. The molecule has 0 aliphatic carbocycles. The lowest BCUT2D eigenvalue weighted by Gasteiger charge is -2.38. The van der Waals surface area contributed by atoms with Gasteiger partial charge in [0.1, 0.15) is 0 Å². The van der Waals surface area contributed by atoms with Crippen molar-refractivity contribution in [3.63, 3.8) is 0 Å². The van der Waals surface area contributed by atoms with Crippen LogP contribution in [-0.2, 0) is 4.79 Å². The van der Waals surface area contributed by atoms with E-state index in [1.165, 1.54) is 0 Å². The lowest BCUT2D eigenvalue weighted by molar-refractivity contribution is -0.119. The van der Waals surface area contributed by atoms with Crippen LogP contribution >= 0.6 is 0 Å². The highest BCUT2D eigenvalue weighted by Gasteiger charge is 2.27. The molecule has 0 radical (unpaired) electrons. The Hall–Kier alpha value is -1.94. The summed E-state index contributed by atoms with van der Waals surface area (Å²) in [5.41, 5.74) is 1.04. The average molecular weight is 341 g/mol. The Bertz CT molecular complexity index is 560. The summed E-state index contributed by atoms with van der Waals surface area (Å²) >= 11 is 0. The van der Waals surface area contributed by atoms with Crippen molar-refractivity contribution >= 4 is 17.8 Å². The number of hydrogen-bond acceptors (Lipinski definition) is 3. The minimum atomic E-state index is 0.228. The van der Waals surface area contributed by atoms with Gasteiger partial charge in [-0.25, -0.2) is 0 Å². The van der Waals surface area contributed by atoms with Crippen molar-refractivity contribution in [2.45, 2.75) is 52.0 Å². The van der Waals surface area contributed by atoms with E-state index in [0.29, 0.717) is 12.5 Å². The minimum Gasteiger partial charge on any atom is -0.309 e. The van der Waals surface area contributed by atoms with Gasteiger partial charge in [0.05, 0.1) is 0 Å². The molecule has 1 heterocycles. The fourth-order valence-corrected chi connectivity index (χ4v) is 3.37. The molecule has 1 aromatic carbocycles. The second-order valence-electron chi connectivity index (χ2n) is 6.46. The maximum Gasteiger partial charge on any atom is 0.226 e. The molecule has 0 atom stereocenters. The van der Waals surface area contributed by atoms with Crippen molar-refractivity contribution in [1.82, 2.24) is 4.90 Å². The summed E-state index contributed by atoms with van der Waals surface area (Å²) in [4.78, 5) is 21.1. The molecule has 25 heavy (non-hydrogen) atoms. The molecule has 2 rings (SSSR count). The van der Waals surface area contributed by atoms with Crippen LogP contribution in [0.15, 0.2) is 47.6 Å². The summed E-state index contributed by atoms with van der Waals surface area (Å²) in [6.45, 7) is 7.14. The molecule has 1 fully saturated rings. The van der Waals surface area contributed by atoms with Gasteiger partial charge in [-0.1, -0.05) is 31.2 Å². The van der Waals surface area contributed by atoms with Crippen LogP contribution < -0.4 is 4.90 Å². The first-order chi connectivity index (χ1) is 12.3.